The van der Waals surface area contributed by atoms with Crippen LogP contribution in [0.3, 0.4) is 0 Å². The number of unbranched alkanes of at least 4 members (excludes halogenated alkanes) is 9. The molecule has 34 heavy (non-hydrogen) atoms. The number of ether oxygens (including phenoxy) is 3. The van der Waals surface area contributed by atoms with Crippen molar-refractivity contribution in [3.8, 4) is 11.5 Å². The minimum atomic E-state index is -0.858. The second-order valence-corrected chi connectivity index (χ2v) is 8.93. The van der Waals surface area contributed by atoms with E-state index in [1.807, 2.05) is 13.8 Å². The SMILES string of the molecule is CCCCCCCCCCCCOC(=O)C(CC(C)C)C(=O)c1c(OC)cccc1OC.O=[PH3]. The van der Waals surface area contributed by atoms with E-state index in [4.69, 9.17) is 18.8 Å². The average Bonchev–Trinajstić information content (AvgIpc) is 2.85. The molecule has 0 aliphatic carbocycles. The molecule has 0 radical (unpaired) electrons. The Morgan fingerprint density at radius 1 is 0.824 bits per heavy atom. The number of benzene rings is 1. The molecule has 1 rings (SSSR count). The number of Topliss-reactive ketones (excluding diaryl/α,β-unsaturated/α-hetero) is 1. The first-order valence-electron chi connectivity index (χ1n) is 12.7. The average molecular weight is 499 g/mol. The van der Waals surface area contributed by atoms with E-state index >= 15 is 0 Å². The molecule has 1 aromatic carbocycles. The predicted molar refractivity (Wildman–Crippen MR) is 141 cm³/mol. The third-order valence-corrected chi connectivity index (χ3v) is 5.72. The van der Waals surface area contributed by atoms with Crippen molar-refractivity contribution < 1.29 is 28.4 Å². The van der Waals surface area contributed by atoms with Crippen molar-refractivity contribution in [3.63, 3.8) is 0 Å². The summed E-state index contributed by atoms with van der Waals surface area (Å²) in [6, 6.07) is 5.17. The van der Waals surface area contributed by atoms with E-state index in [1.165, 1.54) is 59.2 Å². The topological polar surface area (TPSA) is 78.9 Å². The monoisotopic (exact) mass is 498 g/mol. The zero-order valence-corrected chi connectivity index (χ0v) is 23.4. The molecule has 196 valence electrons. The first-order valence-corrected chi connectivity index (χ1v) is 13.2. The van der Waals surface area contributed by atoms with Crippen LogP contribution in [-0.4, -0.2) is 32.6 Å². The molecule has 0 amide bonds. The number of rotatable bonds is 18. The molecule has 2 unspecified atom stereocenters. The first kappa shape index (κ1) is 32.2. The van der Waals surface area contributed by atoms with E-state index in [0.717, 1.165) is 19.3 Å². The zero-order valence-electron chi connectivity index (χ0n) is 22.0. The lowest BCUT2D eigenvalue weighted by Crippen LogP contribution is -2.28. The van der Waals surface area contributed by atoms with E-state index in [-0.39, 0.29) is 11.7 Å². The second-order valence-electron chi connectivity index (χ2n) is 8.93. The molecule has 0 bridgehead atoms. The minimum Gasteiger partial charge on any atom is -0.496 e. The molecule has 0 aromatic heterocycles. The molecule has 0 aliphatic heterocycles. The lowest BCUT2D eigenvalue weighted by Gasteiger charge is -2.19. The highest BCUT2D eigenvalue weighted by Gasteiger charge is 2.33. The molecule has 0 saturated carbocycles. The van der Waals surface area contributed by atoms with Crippen LogP contribution in [0.15, 0.2) is 18.2 Å². The lowest BCUT2D eigenvalue weighted by atomic mass is 9.89. The van der Waals surface area contributed by atoms with Crippen LogP contribution in [0.4, 0.5) is 0 Å². The zero-order chi connectivity index (χ0) is 25.8. The Hall–Kier alpha value is -1.81. The molecule has 2 atom stereocenters. The van der Waals surface area contributed by atoms with Gasteiger partial charge in [0.2, 0.25) is 0 Å². The van der Waals surface area contributed by atoms with Crippen LogP contribution in [0, 0.1) is 11.8 Å². The number of methoxy groups -OCH3 is 2. The molecule has 6 nitrogen and oxygen atoms in total. The van der Waals surface area contributed by atoms with Gasteiger partial charge in [0, 0.05) is 0 Å². The number of hydrogen-bond donors (Lipinski definition) is 0. The summed E-state index contributed by atoms with van der Waals surface area (Å²) in [6.45, 7) is 6.59. The van der Waals surface area contributed by atoms with E-state index in [2.05, 4.69) is 6.92 Å². The highest BCUT2D eigenvalue weighted by atomic mass is 31.0. The molecule has 0 fully saturated rings. The van der Waals surface area contributed by atoms with Crippen LogP contribution >= 0.6 is 9.12 Å². The second kappa shape index (κ2) is 20.6. The fourth-order valence-electron chi connectivity index (χ4n) is 3.91. The summed E-state index contributed by atoms with van der Waals surface area (Å²) in [5.41, 5.74) is 0.305. The maximum atomic E-state index is 13.3. The van der Waals surface area contributed by atoms with Crippen molar-refractivity contribution in [2.45, 2.75) is 91.4 Å². The van der Waals surface area contributed by atoms with Crippen molar-refractivity contribution in [1.82, 2.24) is 0 Å². The largest absolute Gasteiger partial charge is 0.496 e. The number of carbonyl (C=O) groups excluding carboxylic acids is 2. The van der Waals surface area contributed by atoms with Crippen LogP contribution in [0.5, 0.6) is 11.5 Å². The van der Waals surface area contributed by atoms with Gasteiger partial charge >= 0.3 is 5.97 Å². The number of hydrogen-bond acceptors (Lipinski definition) is 6. The molecular formula is C27H47O6P. The van der Waals surface area contributed by atoms with Crippen LogP contribution in [0.25, 0.3) is 0 Å². The van der Waals surface area contributed by atoms with Gasteiger partial charge < -0.3 is 18.8 Å². The minimum absolute atomic E-state index is 0.175. The first-order chi connectivity index (χ1) is 16.5. The van der Waals surface area contributed by atoms with Crippen LogP contribution in [0.2, 0.25) is 0 Å². The van der Waals surface area contributed by atoms with Gasteiger partial charge in [-0.05, 0) is 30.9 Å². The number of ketones is 1. The van der Waals surface area contributed by atoms with Gasteiger partial charge in [-0.15, -0.1) is 0 Å². The standard InChI is InChI=1S/C27H44O5.H3OP/c1-6-7-8-9-10-11-12-13-14-15-19-32-27(29)22(20-21(2)3)26(28)25-23(30-4)17-16-18-24(25)31-5;1-2/h16-18,21-22H,6-15,19-20H2,1-5H3;2H3. The van der Waals surface area contributed by atoms with Crippen LogP contribution in [0.1, 0.15) is 102 Å². The molecule has 7 heteroatoms. The maximum absolute atomic E-state index is 13.3. The summed E-state index contributed by atoms with van der Waals surface area (Å²) >= 11 is 0. The Kier molecular flexibility index (Phi) is 19.5. The summed E-state index contributed by atoms with van der Waals surface area (Å²) in [5.74, 6) is -0.622. The Labute approximate surface area is 208 Å². The molecule has 0 N–H and O–H groups in total. The Bertz CT molecular complexity index is 669. The smallest absolute Gasteiger partial charge is 0.316 e. The fraction of sp³-hybridized carbons (Fsp3) is 0.704. The number of esters is 1. The van der Waals surface area contributed by atoms with E-state index < -0.39 is 11.9 Å². The number of carbonyl (C=O) groups is 2. The molecule has 1 aromatic rings. The maximum Gasteiger partial charge on any atom is 0.316 e. The van der Waals surface area contributed by atoms with E-state index in [9.17, 15) is 9.59 Å². The highest BCUT2D eigenvalue weighted by Crippen LogP contribution is 2.32. The predicted octanol–water partition coefficient (Wildman–Crippen LogP) is 6.95. The summed E-state index contributed by atoms with van der Waals surface area (Å²) in [5, 5.41) is 0. The molecule has 0 spiro atoms. The van der Waals surface area contributed by atoms with Gasteiger partial charge in [-0.25, -0.2) is 0 Å². The van der Waals surface area contributed by atoms with Crippen LogP contribution < -0.4 is 9.47 Å². The Morgan fingerprint density at radius 2 is 1.29 bits per heavy atom. The van der Waals surface area contributed by atoms with Gasteiger partial charge in [0.15, 0.2) is 5.78 Å². The fourth-order valence-corrected chi connectivity index (χ4v) is 3.91. The van der Waals surface area contributed by atoms with E-state index in [1.54, 1.807) is 18.2 Å². The molecule has 0 heterocycles. The molecule has 0 saturated heterocycles. The van der Waals surface area contributed by atoms with Crippen molar-refractivity contribution >= 4 is 20.9 Å². The third-order valence-electron chi connectivity index (χ3n) is 5.72. The summed E-state index contributed by atoms with van der Waals surface area (Å²) < 4.78 is 24.5. The quantitative estimate of drug-likeness (QED) is 0.0716. The Morgan fingerprint density at radius 3 is 1.74 bits per heavy atom. The van der Waals surface area contributed by atoms with Crippen LogP contribution in [-0.2, 0) is 14.1 Å². The summed E-state index contributed by atoms with van der Waals surface area (Å²) in [4.78, 5) is 26.2. The van der Waals surface area contributed by atoms with Crippen molar-refractivity contribution in [2.24, 2.45) is 11.8 Å². The van der Waals surface area contributed by atoms with Gasteiger partial charge in [-0.3, -0.25) is 9.59 Å². The summed E-state index contributed by atoms with van der Waals surface area (Å²) in [6.07, 6.45) is 12.6. The van der Waals surface area contributed by atoms with Gasteiger partial charge in [-0.2, -0.15) is 0 Å². The normalized spacial score (nSPS) is 11.5. The van der Waals surface area contributed by atoms with E-state index in [0.29, 0.717) is 39.2 Å². The van der Waals surface area contributed by atoms with Gasteiger partial charge in [0.1, 0.15) is 23.0 Å². The highest BCUT2D eigenvalue weighted by molar-refractivity contribution is 7.00. The van der Waals surface area contributed by atoms with Crippen molar-refractivity contribution in [3.05, 3.63) is 23.8 Å². The van der Waals surface area contributed by atoms with Gasteiger partial charge in [0.25, 0.3) is 0 Å². The van der Waals surface area contributed by atoms with Gasteiger partial charge in [0.05, 0.1) is 29.9 Å². The Balaban J connectivity index is 0.00000529. The van der Waals surface area contributed by atoms with Gasteiger partial charge in [-0.1, -0.05) is 84.6 Å². The molecule has 0 aliphatic rings. The van der Waals surface area contributed by atoms with Crippen molar-refractivity contribution in [1.29, 1.82) is 0 Å². The lowest BCUT2D eigenvalue weighted by molar-refractivity contribution is -0.147. The summed E-state index contributed by atoms with van der Waals surface area (Å²) in [7, 11) is 3.62. The molecular weight excluding hydrogens is 451 g/mol. The van der Waals surface area contributed by atoms with Crippen molar-refractivity contribution in [2.75, 3.05) is 20.8 Å². The third kappa shape index (κ3) is 12.6.